The summed E-state index contributed by atoms with van der Waals surface area (Å²) in [4.78, 5) is 26.2. The van der Waals surface area contributed by atoms with Crippen LogP contribution in [-0.4, -0.2) is 33.8 Å². The summed E-state index contributed by atoms with van der Waals surface area (Å²) in [5, 5.41) is 6.60. The van der Waals surface area contributed by atoms with Crippen LogP contribution in [0, 0.1) is 0 Å². The first kappa shape index (κ1) is 16.4. The Morgan fingerprint density at radius 3 is 2.71 bits per heavy atom. The first-order chi connectivity index (χ1) is 11.6. The Bertz CT molecular complexity index is 722. The van der Waals surface area contributed by atoms with E-state index >= 15 is 0 Å². The van der Waals surface area contributed by atoms with Gasteiger partial charge in [0.1, 0.15) is 0 Å². The van der Waals surface area contributed by atoms with E-state index in [9.17, 15) is 9.59 Å². The molecule has 0 bridgehead atoms. The van der Waals surface area contributed by atoms with Gasteiger partial charge in [-0.1, -0.05) is 12.1 Å². The number of aryl methyl sites for hydroxylation is 2. The molecule has 1 aliphatic carbocycles. The zero-order valence-corrected chi connectivity index (χ0v) is 14.0. The van der Waals surface area contributed by atoms with Crippen molar-refractivity contribution < 1.29 is 9.59 Å². The normalized spacial score (nSPS) is 13.4. The number of fused-ring (bicyclic) bond motifs is 1. The minimum absolute atomic E-state index is 0.0255. The van der Waals surface area contributed by atoms with Crippen molar-refractivity contribution >= 4 is 11.7 Å². The van der Waals surface area contributed by atoms with Crippen LogP contribution < -0.4 is 0 Å². The van der Waals surface area contributed by atoms with Gasteiger partial charge in [-0.05, 0) is 42.9 Å². The lowest BCUT2D eigenvalue weighted by Gasteiger charge is -2.17. The molecule has 2 aromatic rings. The van der Waals surface area contributed by atoms with Gasteiger partial charge < -0.3 is 4.90 Å². The van der Waals surface area contributed by atoms with Gasteiger partial charge in [-0.2, -0.15) is 5.10 Å². The number of amides is 1. The van der Waals surface area contributed by atoms with Gasteiger partial charge in [0.25, 0.3) is 0 Å². The molecule has 5 nitrogen and oxygen atoms in total. The first-order valence-electron chi connectivity index (χ1n) is 8.50. The minimum atomic E-state index is -0.0255. The molecule has 1 aromatic heterocycles. The fourth-order valence-corrected chi connectivity index (χ4v) is 3.19. The topological polar surface area (TPSA) is 66.1 Å². The number of benzene rings is 1. The van der Waals surface area contributed by atoms with Crippen molar-refractivity contribution in [3.63, 3.8) is 0 Å². The number of rotatable bonds is 6. The van der Waals surface area contributed by atoms with Crippen LogP contribution in [0.4, 0.5) is 0 Å². The number of hydrogen-bond donors (Lipinski definition) is 1. The molecule has 0 spiro atoms. The summed E-state index contributed by atoms with van der Waals surface area (Å²) in [5.74, 6) is 0.0240. The lowest BCUT2D eigenvalue weighted by atomic mass is 9.89. The summed E-state index contributed by atoms with van der Waals surface area (Å²) in [6.07, 6.45) is 8.56. The Morgan fingerprint density at radius 1 is 1.17 bits per heavy atom. The molecule has 0 aliphatic heterocycles. The molecule has 24 heavy (non-hydrogen) atoms. The third kappa shape index (κ3) is 3.91. The molecule has 1 aromatic carbocycles. The highest BCUT2D eigenvalue weighted by molar-refractivity contribution is 5.98. The number of ketones is 1. The van der Waals surface area contributed by atoms with Crippen molar-refractivity contribution in [2.75, 3.05) is 7.05 Å². The Kier molecular flexibility index (Phi) is 5.08. The van der Waals surface area contributed by atoms with E-state index in [0.717, 1.165) is 24.0 Å². The van der Waals surface area contributed by atoms with Gasteiger partial charge in [-0.25, -0.2) is 0 Å². The van der Waals surface area contributed by atoms with Crippen molar-refractivity contribution in [2.45, 2.75) is 45.1 Å². The maximum Gasteiger partial charge on any atom is 0.223 e. The molecule has 5 heteroatoms. The van der Waals surface area contributed by atoms with E-state index in [-0.39, 0.29) is 24.5 Å². The van der Waals surface area contributed by atoms with Gasteiger partial charge in [-0.3, -0.25) is 14.7 Å². The Balaban J connectivity index is 1.54. The smallest absolute Gasteiger partial charge is 0.223 e. The van der Waals surface area contributed by atoms with Crippen LogP contribution in [0.2, 0.25) is 0 Å². The molecule has 126 valence electrons. The van der Waals surface area contributed by atoms with E-state index < -0.39 is 0 Å². The molecule has 0 radical (unpaired) electrons. The van der Waals surface area contributed by atoms with Gasteiger partial charge in [0.2, 0.25) is 5.91 Å². The average Bonchev–Trinajstić information content (AvgIpc) is 3.11. The Morgan fingerprint density at radius 2 is 1.96 bits per heavy atom. The molecule has 1 N–H and O–H groups in total. The van der Waals surface area contributed by atoms with Crippen molar-refractivity contribution in [1.82, 2.24) is 15.1 Å². The van der Waals surface area contributed by atoms with Gasteiger partial charge in [0, 0.05) is 43.8 Å². The summed E-state index contributed by atoms with van der Waals surface area (Å²) in [6, 6.07) is 6.01. The van der Waals surface area contributed by atoms with Crippen molar-refractivity contribution in [1.29, 1.82) is 0 Å². The summed E-state index contributed by atoms with van der Waals surface area (Å²) < 4.78 is 0. The fraction of sp³-hybridized carbons (Fsp3) is 0.421. The number of nitrogens with zero attached hydrogens (tertiary/aromatic N) is 2. The quantitative estimate of drug-likeness (QED) is 0.831. The second kappa shape index (κ2) is 7.43. The molecule has 0 atom stereocenters. The highest BCUT2D eigenvalue weighted by Crippen LogP contribution is 2.23. The van der Waals surface area contributed by atoms with Crippen LogP contribution >= 0.6 is 0 Å². The number of carbonyl (C=O) groups excluding carboxylic acids is 2. The molecule has 3 rings (SSSR count). The second-order valence-corrected chi connectivity index (χ2v) is 6.47. The lowest BCUT2D eigenvalue weighted by molar-refractivity contribution is -0.130. The zero-order valence-electron chi connectivity index (χ0n) is 14.0. The molecule has 0 saturated carbocycles. The fourth-order valence-electron chi connectivity index (χ4n) is 3.19. The lowest BCUT2D eigenvalue weighted by Crippen LogP contribution is -2.26. The highest BCUT2D eigenvalue weighted by Gasteiger charge is 2.16. The zero-order chi connectivity index (χ0) is 16.9. The van der Waals surface area contributed by atoms with Crippen molar-refractivity contribution in [2.24, 2.45) is 0 Å². The average molecular weight is 325 g/mol. The molecule has 1 aliphatic rings. The predicted octanol–water partition coefficient (Wildman–Crippen LogP) is 2.91. The van der Waals surface area contributed by atoms with Gasteiger partial charge in [-0.15, -0.1) is 0 Å². The largest absolute Gasteiger partial charge is 0.341 e. The van der Waals surface area contributed by atoms with Crippen LogP contribution in [-0.2, 0) is 24.2 Å². The molecule has 0 fully saturated rings. The van der Waals surface area contributed by atoms with Gasteiger partial charge >= 0.3 is 0 Å². The monoisotopic (exact) mass is 325 g/mol. The number of H-pyrrole nitrogens is 1. The number of hydrogen-bond acceptors (Lipinski definition) is 3. The van der Waals surface area contributed by atoms with Gasteiger partial charge in [0.05, 0.1) is 6.20 Å². The Hall–Kier alpha value is -2.43. The number of carbonyl (C=O) groups is 2. The summed E-state index contributed by atoms with van der Waals surface area (Å²) in [6.45, 7) is 0.502. The standard InChI is InChI=1S/C19H23N3O2/c1-22(13-14-11-20-21-12-14)19(24)9-8-18(23)17-7-6-15-4-2-3-5-16(15)10-17/h6-7,10-12H,2-5,8-9,13H2,1H3,(H,20,21). The molecule has 0 unspecified atom stereocenters. The van der Waals surface area contributed by atoms with Crippen LogP contribution in [0.1, 0.15) is 52.7 Å². The third-order valence-corrected chi connectivity index (χ3v) is 4.64. The number of Topliss-reactive ketones (excluding diaryl/α,β-unsaturated/α-hetero) is 1. The summed E-state index contributed by atoms with van der Waals surface area (Å²) in [5.41, 5.74) is 4.36. The summed E-state index contributed by atoms with van der Waals surface area (Å²) >= 11 is 0. The second-order valence-electron chi connectivity index (χ2n) is 6.47. The Labute approximate surface area is 142 Å². The summed E-state index contributed by atoms with van der Waals surface area (Å²) in [7, 11) is 1.75. The van der Waals surface area contributed by atoms with Crippen LogP contribution in [0.5, 0.6) is 0 Å². The van der Waals surface area contributed by atoms with Crippen molar-refractivity contribution in [3.05, 3.63) is 52.8 Å². The van der Waals surface area contributed by atoms with Crippen LogP contribution in [0.25, 0.3) is 0 Å². The van der Waals surface area contributed by atoms with Crippen molar-refractivity contribution in [3.8, 4) is 0 Å². The first-order valence-corrected chi connectivity index (χ1v) is 8.50. The number of nitrogens with one attached hydrogen (secondary N) is 1. The molecule has 1 heterocycles. The van der Waals surface area contributed by atoms with Crippen LogP contribution in [0.3, 0.4) is 0 Å². The number of aromatic nitrogens is 2. The van der Waals surface area contributed by atoms with Crippen LogP contribution in [0.15, 0.2) is 30.6 Å². The van der Waals surface area contributed by atoms with E-state index in [1.807, 2.05) is 12.1 Å². The van der Waals surface area contributed by atoms with E-state index in [1.165, 1.54) is 24.0 Å². The molecular weight excluding hydrogens is 302 g/mol. The maximum absolute atomic E-state index is 12.4. The minimum Gasteiger partial charge on any atom is -0.341 e. The van der Waals surface area contributed by atoms with E-state index in [1.54, 1.807) is 24.3 Å². The van der Waals surface area contributed by atoms with E-state index in [4.69, 9.17) is 0 Å². The molecule has 1 amide bonds. The number of aromatic amines is 1. The molecule has 0 saturated heterocycles. The van der Waals surface area contributed by atoms with E-state index in [0.29, 0.717) is 6.54 Å². The van der Waals surface area contributed by atoms with E-state index in [2.05, 4.69) is 16.3 Å². The molecular formula is C19H23N3O2. The maximum atomic E-state index is 12.4. The SMILES string of the molecule is CN(Cc1cn[nH]c1)C(=O)CCC(=O)c1ccc2c(c1)CCCC2. The third-order valence-electron chi connectivity index (χ3n) is 4.64. The van der Waals surface area contributed by atoms with Gasteiger partial charge in [0.15, 0.2) is 5.78 Å². The predicted molar refractivity (Wildman–Crippen MR) is 91.7 cm³/mol. The highest BCUT2D eigenvalue weighted by atomic mass is 16.2.